The standard InChI is InChI=1S/C13H13FN2S/c14-11-3-1-10(2-4-11)13(7-15-8-13)5-12-6-17-9-16-12/h1-4,6,9,15H,5,7-8H2. The van der Waals surface area contributed by atoms with Crippen molar-refractivity contribution in [3.05, 3.63) is 52.2 Å². The van der Waals surface area contributed by atoms with Crippen molar-refractivity contribution < 1.29 is 4.39 Å². The first-order valence-corrected chi connectivity index (χ1v) is 6.57. The molecular formula is C13H13FN2S. The van der Waals surface area contributed by atoms with Crippen LogP contribution < -0.4 is 5.32 Å². The fourth-order valence-corrected chi connectivity index (χ4v) is 2.89. The average Bonchev–Trinajstić information content (AvgIpc) is 2.77. The number of nitrogens with zero attached hydrogens (tertiary/aromatic N) is 1. The first-order chi connectivity index (χ1) is 8.28. The molecular weight excluding hydrogens is 235 g/mol. The molecule has 1 aliphatic rings. The van der Waals surface area contributed by atoms with Gasteiger partial charge in [-0.05, 0) is 17.7 Å². The minimum atomic E-state index is -0.176. The van der Waals surface area contributed by atoms with E-state index < -0.39 is 0 Å². The van der Waals surface area contributed by atoms with Gasteiger partial charge in [0.15, 0.2) is 0 Å². The molecule has 1 aliphatic heterocycles. The molecule has 0 amide bonds. The van der Waals surface area contributed by atoms with E-state index in [4.69, 9.17) is 0 Å². The topological polar surface area (TPSA) is 24.9 Å². The molecule has 2 nitrogen and oxygen atoms in total. The van der Waals surface area contributed by atoms with Gasteiger partial charge in [0.1, 0.15) is 5.82 Å². The van der Waals surface area contributed by atoms with Crippen LogP contribution in [0.4, 0.5) is 4.39 Å². The minimum absolute atomic E-state index is 0.0990. The summed E-state index contributed by atoms with van der Waals surface area (Å²) in [7, 11) is 0. The molecule has 0 unspecified atom stereocenters. The lowest BCUT2D eigenvalue weighted by Crippen LogP contribution is -2.58. The number of rotatable bonds is 3. The monoisotopic (exact) mass is 248 g/mol. The first-order valence-electron chi connectivity index (χ1n) is 5.62. The summed E-state index contributed by atoms with van der Waals surface area (Å²) in [5, 5.41) is 5.40. The number of halogens is 1. The van der Waals surface area contributed by atoms with Crippen LogP contribution in [-0.4, -0.2) is 18.1 Å². The van der Waals surface area contributed by atoms with Crippen LogP contribution in [0, 0.1) is 5.82 Å². The van der Waals surface area contributed by atoms with Gasteiger partial charge in [0.05, 0.1) is 11.2 Å². The summed E-state index contributed by atoms with van der Waals surface area (Å²) >= 11 is 1.62. The molecule has 0 spiro atoms. The Kier molecular flexibility index (Phi) is 2.68. The summed E-state index contributed by atoms with van der Waals surface area (Å²) in [5.41, 5.74) is 4.29. The molecule has 1 aromatic carbocycles. The van der Waals surface area contributed by atoms with Crippen LogP contribution in [0.1, 0.15) is 11.3 Å². The van der Waals surface area contributed by atoms with E-state index in [0.29, 0.717) is 0 Å². The molecule has 4 heteroatoms. The highest BCUT2D eigenvalue weighted by Gasteiger charge is 2.39. The fourth-order valence-electron chi connectivity index (χ4n) is 2.33. The maximum Gasteiger partial charge on any atom is 0.123 e. The maximum absolute atomic E-state index is 12.9. The van der Waals surface area contributed by atoms with Gasteiger partial charge in [-0.3, -0.25) is 0 Å². The van der Waals surface area contributed by atoms with E-state index in [1.54, 1.807) is 11.3 Å². The first kappa shape index (κ1) is 10.9. The van der Waals surface area contributed by atoms with Gasteiger partial charge in [-0.25, -0.2) is 9.37 Å². The van der Waals surface area contributed by atoms with Crippen molar-refractivity contribution in [2.75, 3.05) is 13.1 Å². The zero-order chi connectivity index (χ0) is 11.7. The third kappa shape index (κ3) is 1.98. The highest BCUT2D eigenvalue weighted by molar-refractivity contribution is 7.07. The molecule has 0 atom stereocenters. The molecule has 3 rings (SSSR count). The summed E-state index contributed by atoms with van der Waals surface area (Å²) in [6.45, 7) is 1.88. The molecule has 1 N–H and O–H groups in total. The highest BCUT2D eigenvalue weighted by Crippen LogP contribution is 2.32. The van der Waals surface area contributed by atoms with Gasteiger partial charge >= 0.3 is 0 Å². The molecule has 0 saturated carbocycles. The average molecular weight is 248 g/mol. The predicted molar refractivity (Wildman–Crippen MR) is 66.8 cm³/mol. The summed E-state index contributed by atoms with van der Waals surface area (Å²) in [4.78, 5) is 4.34. The van der Waals surface area contributed by atoms with Gasteiger partial charge in [0.25, 0.3) is 0 Å². The Balaban J connectivity index is 1.89. The smallest absolute Gasteiger partial charge is 0.123 e. The van der Waals surface area contributed by atoms with E-state index in [-0.39, 0.29) is 11.2 Å². The van der Waals surface area contributed by atoms with Gasteiger partial charge in [-0.15, -0.1) is 11.3 Å². The number of benzene rings is 1. The molecule has 1 aromatic heterocycles. The minimum Gasteiger partial charge on any atom is -0.315 e. The van der Waals surface area contributed by atoms with Gasteiger partial charge in [0.2, 0.25) is 0 Å². The molecule has 1 saturated heterocycles. The molecule has 0 bridgehead atoms. The summed E-state index contributed by atoms with van der Waals surface area (Å²) in [6, 6.07) is 6.86. The Labute approximate surface area is 104 Å². The van der Waals surface area contributed by atoms with E-state index >= 15 is 0 Å². The predicted octanol–water partition coefficient (Wildman–Crippen LogP) is 2.37. The number of hydrogen-bond donors (Lipinski definition) is 1. The van der Waals surface area contributed by atoms with E-state index in [9.17, 15) is 4.39 Å². The second-order valence-electron chi connectivity index (χ2n) is 4.55. The van der Waals surface area contributed by atoms with Crippen molar-refractivity contribution in [1.82, 2.24) is 10.3 Å². The number of nitrogens with one attached hydrogen (secondary N) is 1. The lowest BCUT2D eigenvalue weighted by atomic mass is 9.72. The largest absolute Gasteiger partial charge is 0.315 e. The SMILES string of the molecule is Fc1ccc(C2(Cc3cscn3)CNC2)cc1. The Morgan fingerprint density at radius 2 is 2.06 bits per heavy atom. The van der Waals surface area contributed by atoms with Gasteiger partial charge in [-0.2, -0.15) is 0 Å². The number of hydrogen-bond acceptors (Lipinski definition) is 3. The van der Waals surface area contributed by atoms with E-state index in [1.165, 1.54) is 17.7 Å². The molecule has 0 radical (unpaired) electrons. The van der Waals surface area contributed by atoms with Crippen LogP contribution in [0.25, 0.3) is 0 Å². The summed E-state index contributed by atoms with van der Waals surface area (Å²) in [5.74, 6) is -0.176. The Morgan fingerprint density at radius 1 is 1.29 bits per heavy atom. The van der Waals surface area contributed by atoms with Crippen LogP contribution in [0.2, 0.25) is 0 Å². The molecule has 88 valence electrons. The quantitative estimate of drug-likeness (QED) is 0.902. The van der Waals surface area contributed by atoms with Crippen LogP contribution in [0.5, 0.6) is 0 Å². The maximum atomic E-state index is 12.9. The zero-order valence-electron chi connectivity index (χ0n) is 9.32. The van der Waals surface area contributed by atoms with Gasteiger partial charge in [0, 0.05) is 30.3 Å². The van der Waals surface area contributed by atoms with Crippen molar-refractivity contribution in [2.24, 2.45) is 0 Å². The normalized spacial score (nSPS) is 17.7. The highest BCUT2D eigenvalue weighted by atomic mass is 32.1. The van der Waals surface area contributed by atoms with Crippen LogP contribution >= 0.6 is 11.3 Å². The van der Waals surface area contributed by atoms with Crippen molar-refractivity contribution in [2.45, 2.75) is 11.8 Å². The van der Waals surface area contributed by atoms with E-state index in [0.717, 1.165) is 25.2 Å². The van der Waals surface area contributed by atoms with Crippen molar-refractivity contribution in [3.8, 4) is 0 Å². The van der Waals surface area contributed by atoms with Crippen LogP contribution in [-0.2, 0) is 11.8 Å². The van der Waals surface area contributed by atoms with E-state index in [2.05, 4.69) is 15.7 Å². The Morgan fingerprint density at radius 3 is 2.59 bits per heavy atom. The summed E-state index contributed by atoms with van der Waals surface area (Å²) < 4.78 is 12.9. The lowest BCUT2D eigenvalue weighted by Gasteiger charge is -2.43. The third-order valence-corrected chi connectivity index (χ3v) is 4.02. The van der Waals surface area contributed by atoms with E-state index in [1.807, 2.05) is 17.6 Å². The molecule has 17 heavy (non-hydrogen) atoms. The summed E-state index contributed by atoms with van der Waals surface area (Å²) in [6.07, 6.45) is 0.926. The van der Waals surface area contributed by atoms with Crippen molar-refractivity contribution in [1.29, 1.82) is 0 Å². The second-order valence-corrected chi connectivity index (χ2v) is 5.27. The molecule has 1 fully saturated rings. The molecule has 0 aliphatic carbocycles. The van der Waals surface area contributed by atoms with Crippen molar-refractivity contribution >= 4 is 11.3 Å². The fraction of sp³-hybridized carbons (Fsp3) is 0.308. The lowest BCUT2D eigenvalue weighted by molar-refractivity contribution is 0.272. The van der Waals surface area contributed by atoms with Gasteiger partial charge < -0.3 is 5.32 Å². The van der Waals surface area contributed by atoms with Crippen molar-refractivity contribution in [3.63, 3.8) is 0 Å². The Bertz CT molecular complexity index is 489. The van der Waals surface area contributed by atoms with Crippen LogP contribution in [0.15, 0.2) is 35.2 Å². The van der Waals surface area contributed by atoms with Crippen LogP contribution in [0.3, 0.4) is 0 Å². The second kappa shape index (κ2) is 4.20. The Hall–Kier alpha value is -1.26. The third-order valence-electron chi connectivity index (χ3n) is 3.39. The molecule has 2 aromatic rings. The number of thiazole rings is 1. The number of aromatic nitrogens is 1. The zero-order valence-corrected chi connectivity index (χ0v) is 10.1. The molecule has 2 heterocycles. The van der Waals surface area contributed by atoms with Gasteiger partial charge in [-0.1, -0.05) is 12.1 Å².